The van der Waals surface area contributed by atoms with Gasteiger partial charge in [0.25, 0.3) is 0 Å². The van der Waals surface area contributed by atoms with Gasteiger partial charge in [-0.15, -0.1) is 24.0 Å². The minimum Gasteiger partial charge on any atom is -0.356 e. The van der Waals surface area contributed by atoms with E-state index in [0.717, 1.165) is 32.0 Å². The summed E-state index contributed by atoms with van der Waals surface area (Å²) in [6.45, 7) is 9.93. The van der Waals surface area contributed by atoms with Crippen LogP contribution >= 0.6 is 24.0 Å². The van der Waals surface area contributed by atoms with Gasteiger partial charge in [0.05, 0.1) is 0 Å². The van der Waals surface area contributed by atoms with E-state index in [1.807, 2.05) is 7.05 Å². The van der Waals surface area contributed by atoms with Crippen LogP contribution in [0.25, 0.3) is 0 Å². The molecule has 5 nitrogen and oxygen atoms in total. The monoisotopic (exact) mass is 549 g/mol. The summed E-state index contributed by atoms with van der Waals surface area (Å²) >= 11 is 0. The Morgan fingerprint density at radius 3 is 2.12 bits per heavy atom. The molecule has 1 aliphatic rings. The molecule has 2 atom stereocenters. The molecule has 1 heterocycles. The van der Waals surface area contributed by atoms with Gasteiger partial charge in [-0.3, -0.25) is 4.99 Å². The summed E-state index contributed by atoms with van der Waals surface area (Å²) in [7, 11) is 4.06. The van der Waals surface area contributed by atoms with Crippen molar-refractivity contribution in [2.75, 3.05) is 59.9 Å². The van der Waals surface area contributed by atoms with Crippen LogP contribution in [0.3, 0.4) is 0 Å². The SMILES string of the molecule is CN=C(NCC(C)CN1CCN(C)CC1)NCC(Cc1ccccc1)c1ccccc1.I. The van der Waals surface area contributed by atoms with Crippen LogP contribution in [0.5, 0.6) is 0 Å². The average molecular weight is 550 g/mol. The highest BCUT2D eigenvalue weighted by molar-refractivity contribution is 14.0. The highest BCUT2D eigenvalue weighted by atomic mass is 127. The molecule has 1 fully saturated rings. The van der Waals surface area contributed by atoms with Gasteiger partial charge in [0.15, 0.2) is 5.96 Å². The van der Waals surface area contributed by atoms with Crippen molar-refractivity contribution in [3.8, 4) is 0 Å². The highest BCUT2D eigenvalue weighted by Gasteiger charge is 2.17. The van der Waals surface area contributed by atoms with Gasteiger partial charge in [0, 0.05) is 58.8 Å². The minimum atomic E-state index is 0. The molecular weight excluding hydrogens is 509 g/mol. The highest BCUT2D eigenvalue weighted by Crippen LogP contribution is 2.20. The second-order valence-electron chi connectivity index (χ2n) is 8.84. The van der Waals surface area contributed by atoms with Gasteiger partial charge in [0.1, 0.15) is 0 Å². The van der Waals surface area contributed by atoms with Crippen LogP contribution in [0.1, 0.15) is 24.0 Å². The summed E-state index contributed by atoms with van der Waals surface area (Å²) in [6, 6.07) is 21.5. The number of nitrogens with one attached hydrogen (secondary N) is 2. The summed E-state index contributed by atoms with van der Waals surface area (Å²) in [5.41, 5.74) is 2.72. The van der Waals surface area contributed by atoms with Crippen molar-refractivity contribution >= 4 is 29.9 Å². The minimum absolute atomic E-state index is 0. The van der Waals surface area contributed by atoms with Crippen LogP contribution in [0.2, 0.25) is 0 Å². The lowest BCUT2D eigenvalue weighted by Gasteiger charge is -2.34. The van der Waals surface area contributed by atoms with Gasteiger partial charge in [-0.25, -0.2) is 0 Å². The van der Waals surface area contributed by atoms with Gasteiger partial charge in [-0.2, -0.15) is 0 Å². The van der Waals surface area contributed by atoms with E-state index in [9.17, 15) is 0 Å². The Morgan fingerprint density at radius 1 is 0.906 bits per heavy atom. The lowest BCUT2D eigenvalue weighted by Crippen LogP contribution is -2.47. The standard InChI is InChI=1S/C26H39N5.HI/c1-22(21-31-16-14-30(3)15-17-31)19-28-26(27-2)29-20-25(24-12-8-5-9-13-24)18-23-10-6-4-7-11-23;/h4-13,22,25H,14-21H2,1-3H3,(H2,27,28,29);1H. The predicted molar refractivity (Wildman–Crippen MR) is 147 cm³/mol. The van der Waals surface area contributed by atoms with Crippen molar-refractivity contribution in [3.05, 3.63) is 71.8 Å². The van der Waals surface area contributed by atoms with Gasteiger partial charge >= 0.3 is 0 Å². The van der Waals surface area contributed by atoms with Crippen molar-refractivity contribution in [1.82, 2.24) is 20.4 Å². The topological polar surface area (TPSA) is 42.9 Å². The molecule has 0 aromatic heterocycles. The number of nitrogens with zero attached hydrogens (tertiary/aromatic N) is 3. The average Bonchev–Trinajstić information content (AvgIpc) is 2.81. The van der Waals surface area contributed by atoms with Crippen molar-refractivity contribution in [2.45, 2.75) is 19.3 Å². The normalized spacial score (nSPS) is 17.3. The van der Waals surface area contributed by atoms with Crippen LogP contribution in [0.15, 0.2) is 65.7 Å². The number of rotatable bonds is 9. The quantitative estimate of drug-likeness (QED) is 0.285. The van der Waals surface area contributed by atoms with E-state index >= 15 is 0 Å². The lowest BCUT2D eigenvalue weighted by atomic mass is 9.92. The van der Waals surface area contributed by atoms with E-state index in [1.54, 1.807) is 0 Å². The molecule has 0 radical (unpaired) electrons. The third-order valence-electron chi connectivity index (χ3n) is 6.12. The maximum absolute atomic E-state index is 4.46. The molecule has 176 valence electrons. The third-order valence-corrected chi connectivity index (χ3v) is 6.12. The van der Waals surface area contributed by atoms with Crippen molar-refractivity contribution in [1.29, 1.82) is 0 Å². The summed E-state index contributed by atoms with van der Waals surface area (Å²) in [5.74, 6) is 1.86. The molecule has 0 saturated carbocycles. The fourth-order valence-corrected chi connectivity index (χ4v) is 4.18. The van der Waals surface area contributed by atoms with Crippen LogP contribution in [0, 0.1) is 5.92 Å². The smallest absolute Gasteiger partial charge is 0.191 e. The molecule has 32 heavy (non-hydrogen) atoms. The van der Waals surface area contributed by atoms with Crippen LogP contribution in [0.4, 0.5) is 0 Å². The second kappa shape index (κ2) is 14.5. The molecular formula is C26H40IN5. The second-order valence-corrected chi connectivity index (χ2v) is 8.84. The summed E-state index contributed by atoms with van der Waals surface area (Å²) in [4.78, 5) is 9.45. The number of benzene rings is 2. The molecule has 1 aliphatic heterocycles. The van der Waals surface area contributed by atoms with E-state index in [1.165, 1.54) is 37.3 Å². The zero-order valence-corrected chi connectivity index (χ0v) is 22.2. The molecule has 2 unspecified atom stereocenters. The van der Waals surface area contributed by atoms with E-state index in [-0.39, 0.29) is 24.0 Å². The van der Waals surface area contributed by atoms with Crippen LogP contribution in [-0.2, 0) is 6.42 Å². The first kappa shape index (κ1) is 26.6. The first-order chi connectivity index (χ1) is 15.1. The Bertz CT molecular complexity index is 775. The molecule has 2 N–H and O–H groups in total. The zero-order chi connectivity index (χ0) is 21.9. The molecule has 3 rings (SSSR count). The molecule has 1 saturated heterocycles. The third kappa shape index (κ3) is 9.08. The number of hydrogen-bond acceptors (Lipinski definition) is 3. The Labute approximate surface area is 211 Å². The Kier molecular flexibility index (Phi) is 12.1. The van der Waals surface area contributed by atoms with Crippen molar-refractivity contribution in [2.24, 2.45) is 10.9 Å². The Hall–Kier alpha value is -1.64. The number of halogens is 1. The largest absolute Gasteiger partial charge is 0.356 e. The maximum atomic E-state index is 4.46. The molecule has 0 aliphatic carbocycles. The summed E-state index contributed by atoms with van der Waals surface area (Å²) in [5, 5.41) is 7.11. The van der Waals surface area contributed by atoms with E-state index < -0.39 is 0 Å². The molecule has 0 spiro atoms. The Morgan fingerprint density at radius 2 is 1.50 bits per heavy atom. The Balaban J connectivity index is 0.00000363. The van der Waals surface area contributed by atoms with Gasteiger partial charge < -0.3 is 20.4 Å². The first-order valence-electron chi connectivity index (χ1n) is 11.6. The van der Waals surface area contributed by atoms with E-state index in [0.29, 0.717) is 11.8 Å². The zero-order valence-electron chi connectivity index (χ0n) is 19.8. The van der Waals surface area contributed by atoms with Crippen LogP contribution < -0.4 is 10.6 Å². The predicted octanol–water partition coefficient (Wildman–Crippen LogP) is 3.68. The van der Waals surface area contributed by atoms with Gasteiger partial charge in [-0.05, 0) is 30.5 Å². The van der Waals surface area contributed by atoms with Crippen molar-refractivity contribution in [3.63, 3.8) is 0 Å². The molecule has 0 bridgehead atoms. The van der Waals surface area contributed by atoms with E-state index in [4.69, 9.17) is 0 Å². The number of hydrogen-bond donors (Lipinski definition) is 2. The van der Waals surface area contributed by atoms with Crippen molar-refractivity contribution < 1.29 is 0 Å². The first-order valence-corrected chi connectivity index (χ1v) is 11.6. The van der Waals surface area contributed by atoms with Crippen LogP contribution in [-0.4, -0.2) is 75.7 Å². The number of guanidine groups is 1. The van der Waals surface area contributed by atoms with Gasteiger partial charge in [0.2, 0.25) is 0 Å². The molecule has 2 aromatic carbocycles. The summed E-state index contributed by atoms with van der Waals surface area (Å²) < 4.78 is 0. The number of aliphatic imine (C=N–C) groups is 1. The molecule has 2 aromatic rings. The fraction of sp³-hybridized carbons (Fsp3) is 0.500. The summed E-state index contributed by atoms with van der Waals surface area (Å²) in [6.07, 6.45) is 1.01. The molecule has 6 heteroatoms. The number of likely N-dealkylation sites (N-methyl/N-ethyl adjacent to an activating group) is 1. The lowest BCUT2D eigenvalue weighted by molar-refractivity contribution is 0.139. The van der Waals surface area contributed by atoms with Gasteiger partial charge in [-0.1, -0.05) is 67.6 Å². The maximum Gasteiger partial charge on any atom is 0.191 e. The number of piperazine rings is 1. The fourth-order valence-electron chi connectivity index (χ4n) is 4.18. The molecule has 0 amide bonds. The van der Waals surface area contributed by atoms with E-state index in [2.05, 4.69) is 100 Å².